The lowest BCUT2D eigenvalue weighted by Crippen LogP contribution is -2.11. The average Bonchev–Trinajstić information content (AvgIpc) is 3.27. The molecule has 7 aromatic rings. The lowest BCUT2D eigenvalue weighted by atomic mass is 9.90. The van der Waals surface area contributed by atoms with Gasteiger partial charge in [0.05, 0.1) is 16.7 Å². The normalized spacial score (nSPS) is 13.1. The Morgan fingerprint density at radius 2 is 1.72 bits per heavy atom. The van der Waals surface area contributed by atoms with Gasteiger partial charge in [-0.1, -0.05) is 62.7 Å². The average molecular weight is 417 g/mol. The van der Waals surface area contributed by atoms with E-state index in [0.717, 1.165) is 29.1 Å². The van der Waals surface area contributed by atoms with Crippen LogP contribution in [0.5, 0.6) is 0 Å². The predicted molar refractivity (Wildman–Crippen MR) is 133 cm³/mol. The highest BCUT2D eigenvalue weighted by Gasteiger charge is 2.25. The van der Waals surface area contributed by atoms with Crippen LogP contribution in [0, 0.1) is 12.3 Å². The molecule has 4 aromatic heterocycles. The van der Waals surface area contributed by atoms with Crippen LogP contribution in [0.1, 0.15) is 32.0 Å². The second-order valence-corrected chi connectivity index (χ2v) is 10.3. The van der Waals surface area contributed by atoms with Crippen LogP contribution < -0.4 is 0 Å². The van der Waals surface area contributed by atoms with Gasteiger partial charge in [0, 0.05) is 22.4 Å². The summed E-state index contributed by atoms with van der Waals surface area (Å²) in [6.07, 6.45) is 2.80. The Bertz CT molecular complexity index is 1840. The summed E-state index contributed by atoms with van der Waals surface area (Å²) in [7, 11) is 0. The largest absolute Gasteiger partial charge is 0.293 e. The third kappa shape index (κ3) is 2.22. The van der Waals surface area contributed by atoms with E-state index in [1.165, 1.54) is 43.5 Å². The Hall–Kier alpha value is -3.66. The second kappa shape index (κ2) is 5.77. The summed E-state index contributed by atoms with van der Waals surface area (Å²) in [5.41, 5.74) is 8.08. The van der Waals surface area contributed by atoms with Crippen molar-refractivity contribution in [3.8, 4) is 0 Å². The maximum absolute atomic E-state index is 5.11. The van der Waals surface area contributed by atoms with E-state index in [4.69, 9.17) is 9.97 Å². The van der Waals surface area contributed by atoms with Gasteiger partial charge < -0.3 is 0 Å². The molecule has 4 nitrogen and oxygen atoms in total. The van der Waals surface area contributed by atoms with Crippen molar-refractivity contribution in [3.05, 3.63) is 72.1 Å². The van der Waals surface area contributed by atoms with Crippen molar-refractivity contribution < 1.29 is 0 Å². The summed E-state index contributed by atoms with van der Waals surface area (Å²) in [4.78, 5) is 9.99. The Balaban J connectivity index is 1.87. The van der Waals surface area contributed by atoms with E-state index in [0.29, 0.717) is 0 Å². The van der Waals surface area contributed by atoms with Gasteiger partial charge in [-0.2, -0.15) is 0 Å². The first-order chi connectivity index (χ1) is 15.4. The predicted octanol–water partition coefficient (Wildman–Crippen LogP) is 6.93. The molecule has 0 bridgehead atoms. The lowest BCUT2D eigenvalue weighted by Gasteiger charge is -2.17. The summed E-state index contributed by atoms with van der Waals surface area (Å²) < 4.78 is 4.70. The Morgan fingerprint density at radius 1 is 0.875 bits per heavy atom. The van der Waals surface area contributed by atoms with E-state index in [2.05, 4.69) is 85.0 Å². The van der Waals surface area contributed by atoms with E-state index in [-0.39, 0.29) is 5.41 Å². The lowest BCUT2D eigenvalue weighted by molar-refractivity contribution is 0.408. The fraction of sp³-hybridized carbons (Fsp3) is 0.214. The highest BCUT2D eigenvalue weighted by molar-refractivity contribution is 6.28. The molecule has 0 radical (unpaired) electrons. The van der Waals surface area contributed by atoms with E-state index < -0.39 is 0 Å². The summed E-state index contributed by atoms with van der Waals surface area (Å²) in [5.74, 6) is 0. The Labute approximate surface area is 185 Å². The molecular formula is C28H24N4. The van der Waals surface area contributed by atoms with Gasteiger partial charge in [0.15, 0.2) is 0 Å². The van der Waals surface area contributed by atoms with Crippen LogP contribution in [0.4, 0.5) is 0 Å². The SMILES string of the molecule is Cc1ccc2c(c1)cc1c3nccc4nc(CC(C)(C)C)c(n43)n3c4ccccc4c2c13. The molecule has 0 saturated carbocycles. The zero-order valence-corrected chi connectivity index (χ0v) is 18.8. The molecule has 0 fully saturated rings. The molecule has 3 aromatic carbocycles. The zero-order chi connectivity index (χ0) is 21.8. The molecule has 0 unspecified atom stereocenters. The topological polar surface area (TPSA) is 34.6 Å². The minimum atomic E-state index is 0.130. The number of hydrogen-bond acceptors (Lipinski definition) is 2. The quantitative estimate of drug-likeness (QED) is 0.215. The zero-order valence-electron chi connectivity index (χ0n) is 18.8. The number of benzene rings is 3. The van der Waals surface area contributed by atoms with Gasteiger partial charge in [-0.15, -0.1) is 0 Å². The van der Waals surface area contributed by atoms with E-state index in [1.54, 1.807) is 0 Å². The molecule has 0 spiro atoms. The number of imidazole rings is 1. The molecule has 0 saturated heterocycles. The van der Waals surface area contributed by atoms with Gasteiger partial charge >= 0.3 is 0 Å². The van der Waals surface area contributed by atoms with Gasteiger partial charge in [-0.3, -0.25) is 8.80 Å². The third-order valence-corrected chi connectivity index (χ3v) is 6.64. The van der Waals surface area contributed by atoms with Crippen LogP contribution in [0.3, 0.4) is 0 Å². The van der Waals surface area contributed by atoms with Crippen molar-refractivity contribution in [1.29, 1.82) is 0 Å². The van der Waals surface area contributed by atoms with E-state index in [1.807, 2.05) is 12.3 Å². The minimum Gasteiger partial charge on any atom is -0.293 e. The monoisotopic (exact) mass is 416 g/mol. The molecule has 0 aliphatic carbocycles. The van der Waals surface area contributed by atoms with Crippen molar-refractivity contribution in [1.82, 2.24) is 18.8 Å². The van der Waals surface area contributed by atoms with Crippen molar-refractivity contribution in [2.45, 2.75) is 34.1 Å². The standard InChI is InChI=1S/C28H24N4/c1-16-9-10-18-17(13-16)14-20-25-24(18)19-7-5-6-8-22(19)31(25)27-21(15-28(2,3)4)30-23-11-12-29-26(20)32(23)27/h5-14H,15H2,1-4H3. The van der Waals surface area contributed by atoms with Gasteiger partial charge in [0.2, 0.25) is 0 Å². The molecule has 4 heterocycles. The molecule has 0 aliphatic rings. The van der Waals surface area contributed by atoms with Crippen LogP contribution in [0.15, 0.2) is 60.8 Å². The summed E-state index contributed by atoms with van der Waals surface area (Å²) in [5, 5.41) is 6.31. The number of para-hydroxylation sites is 1. The van der Waals surface area contributed by atoms with Crippen LogP contribution in [0.2, 0.25) is 0 Å². The summed E-state index contributed by atoms with van der Waals surface area (Å²) in [6.45, 7) is 8.99. The third-order valence-electron chi connectivity index (χ3n) is 6.64. The summed E-state index contributed by atoms with van der Waals surface area (Å²) in [6, 6.07) is 19.9. The first-order valence-corrected chi connectivity index (χ1v) is 11.2. The van der Waals surface area contributed by atoms with Crippen LogP contribution in [-0.2, 0) is 6.42 Å². The van der Waals surface area contributed by atoms with Crippen molar-refractivity contribution >= 4 is 54.9 Å². The van der Waals surface area contributed by atoms with Crippen LogP contribution in [0.25, 0.3) is 54.9 Å². The number of nitrogens with zero attached hydrogens (tertiary/aromatic N) is 4. The highest BCUT2D eigenvalue weighted by Crippen LogP contribution is 2.41. The van der Waals surface area contributed by atoms with Crippen LogP contribution in [-0.4, -0.2) is 18.8 Å². The van der Waals surface area contributed by atoms with Crippen molar-refractivity contribution in [3.63, 3.8) is 0 Å². The number of hydrogen-bond donors (Lipinski definition) is 0. The van der Waals surface area contributed by atoms with Gasteiger partial charge in [0.1, 0.15) is 16.9 Å². The maximum atomic E-state index is 5.11. The Morgan fingerprint density at radius 3 is 2.56 bits per heavy atom. The van der Waals surface area contributed by atoms with E-state index >= 15 is 0 Å². The van der Waals surface area contributed by atoms with Gasteiger partial charge in [-0.05, 0) is 47.7 Å². The van der Waals surface area contributed by atoms with Gasteiger partial charge in [-0.25, -0.2) is 9.97 Å². The number of fused-ring (bicyclic) bond motifs is 7. The number of aryl methyl sites for hydroxylation is 1. The van der Waals surface area contributed by atoms with Crippen molar-refractivity contribution in [2.24, 2.45) is 5.41 Å². The molecule has 0 atom stereocenters. The smallest absolute Gasteiger partial charge is 0.149 e. The van der Waals surface area contributed by atoms with Crippen molar-refractivity contribution in [2.75, 3.05) is 0 Å². The molecule has 0 N–H and O–H groups in total. The molecule has 0 aliphatic heterocycles. The van der Waals surface area contributed by atoms with E-state index in [9.17, 15) is 0 Å². The fourth-order valence-corrected chi connectivity index (χ4v) is 5.48. The second-order valence-electron chi connectivity index (χ2n) is 10.3. The number of rotatable bonds is 1. The molecule has 7 rings (SSSR count). The molecule has 4 heteroatoms. The van der Waals surface area contributed by atoms with Crippen LogP contribution >= 0.6 is 0 Å². The molecule has 156 valence electrons. The minimum absolute atomic E-state index is 0.130. The fourth-order valence-electron chi connectivity index (χ4n) is 5.48. The highest BCUT2D eigenvalue weighted by atomic mass is 15.2. The number of aromatic nitrogens is 4. The first-order valence-electron chi connectivity index (χ1n) is 11.2. The molecule has 0 amide bonds. The Kier molecular flexibility index (Phi) is 3.24. The van der Waals surface area contributed by atoms with Gasteiger partial charge in [0.25, 0.3) is 0 Å². The molecule has 32 heavy (non-hydrogen) atoms. The first kappa shape index (κ1) is 18.0. The maximum Gasteiger partial charge on any atom is 0.149 e. The summed E-state index contributed by atoms with van der Waals surface area (Å²) >= 11 is 0. The molecular weight excluding hydrogens is 392 g/mol.